The van der Waals surface area contributed by atoms with E-state index in [0.717, 1.165) is 35.9 Å². The molecule has 1 saturated heterocycles. The number of rotatable bonds is 9. The first kappa shape index (κ1) is 18.3. The van der Waals surface area contributed by atoms with Crippen molar-refractivity contribution >= 4 is 38.0 Å². The highest BCUT2D eigenvalue weighted by Gasteiger charge is 2.34. The van der Waals surface area contributed by atoms with Crippen LogP contribution in [0.15, 0.2) is 0 Å². The van der Waals surface area contributed by atoms with Crippen molar-refractivity contribution < 1.29 is 16.8 Å². The van der Waals surface area contributed by atoms with Gasteiger partial charge < -0.3 is 0 Å². The Balaban J connectivity index is 2.75. The van der Waals surface area contributed by atoms with Crippen LogP contribution in [0.1, 0.15) is 39.5 Å². The Kier molecular flexibility index (Phi) is 7.93. The van der Waals surface area contributed by atoms with E-state index in [0.29, 0.717) is 18.6 Å². The molecule has 0 unspecified atom stereocenters. The van der Waals surface area contributed by atoms with Crippen LogP contribution < -0.4 is 0 Å². The first-order chi connectivity index (χ1) is 9.43. The van der Waals surface area contributed by atoms with E-state index in [4.69, 9.17) is 3.63 Å². The molecule has 4 nitrogen and oxygen atoms in total. The topological polar surface area (TPSA) is 60.4 Å². The van der Waals surface area contributed by atoms with Gasteiger partial charge in [-0.2, -0.15) is 20.2 Å². The first-order valence-electron chi connectivity index (χ1n) is 7.22. The smallest absolute Gasteiger partial charge is 0.276 e. The molecular formula is C13H26O4S3. The zero-order valence-electron chi connectivity index (χ0n) is 12.4. The summed E-state index contributed by atoms with van der Waals surface area (Å²) < 4.78 is 29.8. The average Bonchev–Trinajstić information content (AvgIpc) is 2.36. The van der Waals surface area contributed by atoms with Gasteiger partial charge in [0.25, 0.3) is 10.1 Å². The fourth-order valence-corrected chi connectivity index (χ4v) is 10.3. The van der Waals surface area contributed by atoms with Crippen LogP contribution in [0, 0.1) is 0 Å². The van der Waals surface area contributed by atoms with E-state index in [9.17, 15) is 13.2 Å². The number of Topliss-reactive ketones (excluding diaryl/α,β-unsaturated/α-hetero) is 1. The first-order valence-corrected chi connectivity index (χ1v) is 12.0. The Morgan fingerprint density at radius 1 is 1.20 bits per heavy atom. The molecule has 1 heterocycles. The summed E-state index contributed by atoms with van der Waals surface area (Å²) in [6.07, 6.45) is 2.79. The summed E-state index contributed by atoms with van der Waals surface area (Å²) in [5, 5.41) is 0. The highest BCUT2D eigenvalue weighted by Crippen LogP contribution is 2.53. The average molecular weight is 343 g/mol. The molecule has 0 aromatic rings. The van der Waals surface area contributed by atoms with Gasteiger partial charge in [0.05, 0.1) is 11.5 Å². The number of hydrogen-bond acceptors (Lipinski definition) is 5. The van der Waals surface area contributed by atoms with Gasteiger partial charge in [0.1, 0.15) is 5.78 Å². The minimum atomic E-state index is -3.49. The Morgan fingerprint density at radius 2 is 1.85 bits per heavy atom. The molecule has 0 aromatic carbocycles. The van der Waals surface area contributed by atoms with Gasteiger partial charge >= 0.3 is 0 Å². The van der Waals surface area contributed by atoms with Crippen LogP contribution in [0.3, 0.4) is 0 Å². The summed E-state index contributed by atoms with van der Waals surface area (Å²) in [6, 6.07) is 0. The quantitative estimate of drug-likeness (QED) is 0.645. The number of unbranched alkanes of at least 4 members (excludes halogenated alkanes) is 1. The fourth-order valence-electron chi connectivity index (χ4n) is 2.08. The summed E-state index contributed by atoms with van der Waals surface area (Å²) in [6.45, 7) is 3.93. The minimum absolute atomic E-state index is 0.0767. The maximum atomic E-state index is 12.1. The van der Waals surface area contributed by atoms with Crippen LogP contribution in [-0.2, 0) is 18.5 Å². The molecular weight excluding hydrogens is 316 g/mol. The molecule has 1 fully saturated rings. The van der Waals surface area contributed by atoms with Crippen LogP contribution in [0.2, 0.25) is 0 Å². The fraction of sp³-hybridized carbons (Fsp3) is 0.923. The molecule has 7 heteroatoms. The van der Waals surface area contributed by atoms with E-state index in [2.05, 4.69) is 0 Å². The molecule has 1 aliphatic rings. The molecule has 0 N–H and O–H groups in total. The second-order valence-corrected chi connectivity index (χ2v) is 11.4. The molecule has 0 amide bonds. The lowest BCUT2D eigenvalue weighted by Crippen LogP contribution is -2.29. The lowest BCUT2D eigenvalue weighted by molar-refractivity contribution is -0.116. The number of ketones is 1. The van der Waals surface area contributed by atoms with Gasteiger partial charge in [-0.05, 0) is 12.8 Å². The molecule has 0 aliphatic carbocycles. The van der Waals surface area contributed by atoms with Gasteiger partial charge in [-0.15, -0.1) is 10.3 Å². The monoisotopic (exact) mass is 342 g/mol. The van der Waals surface area contributed by atoms with E-state index in [-0.39, 0.29) is 11.5 Å². The molecule has 1 aliphatic heterocycles. The molecule has 20 heavy (non-hydrogen) atoms. The van der Waals surface area contributed by atoms with Crippen molar-refractivity contribution in [1.82, 2.24) is 0 Å². The van der Waals surface area contributed by atoms with E-state index >= 15 is 0 Å². The zero-order chi connectivity index (χ0) is 15.1. The lowest BCUT2D eigenvalue weighted by atomic mass is 10.3. The van der Waals surface area contributed by atoms with E-state index in [1.54, 1.807) is 0 Å². The zero-order valence-corrected chi connectivity index (χ0v) is 14.9. The number of thioether (sulfide) groups is 1. The summed E-state index contributed by atoms with van der Waals surface area (Å²) >= 11 is 1.82. The predicted octanol–water partition coefficient (Wildman–Crippen LogP) is 2.97. The summed E-state index contributed by atoms with van der Waals surface area (Å²) in [7, 11) is -5.25. The van der Waals surface area contributed by atoms with Gasteiger partial charge in [0.2, 0.25) is 0 Å². The Labute approximate surface area is 129 Å². The van der Waals surface area contributed by atoms with Crippen molar-refractivity contribution in [2.45, 2.75) is 39.5 Å². The largest absolute Gasteiger partial charge is 0.299 e. The summed E-state index contributed by atoms with van der Waals surface area (Å²) in [4.78, 5) is 12.0. The third-order valence-corrected chi connectivity index (χ3v) is 10.2. The summed E-state index contributed by atoms with van der Waals surface area (Å²) in [5.41, 5.74) is 0. The maximum Gasteiger partial charge on any atom is 0.276 e. The van der Waals surface area contributed by atoms with Crippen molar-refractivity contribution in [3.05, 3.63) is 0 Å². The van der Waals surface area contributed by atoms with E-state index in [1.165, 1.54) is 0 Å². The van der Waals surface area contributed by atoms with Gasteiger partial charge in [-0.1, -0.05) is 20.3 Å². The van der Waals surface area contributed by atoms with Crippen molar-refractivity contribution in [3.63, 3.8) is 0 Å². The molecule has 0 atom stereocenters. The van der Waals surface area contributed by atoms with Gasteiger partial charge in [-0.3, -0.25) is 4.79 Å². The van der Waals surface area contributed by atoms with Crippen molar-refractivity contribution in [3.8, 4) is 0 Å². The SMILES string of the molecule is CCCCS(=O)(=O)OS1(CC(=O)CCC)CCSCC1. The third kappa shape index (κ3) is 6.37. The maximum absolute atomic E-state index is 12.1. The molecule has 0 aromatic heterocycles. The van der Waals surface area contributed by atoms with Gasteiger partial charge in [0, 0.05) is 29.4 Å². The van der Waals surface area contributed by atoms with Crippen molar-refractivity contribution in [2.75, 3.05) is 34.5 Å². The molecule has 0 bridgehead atoms. The Hall–Kier alpha value is 0.280. The molecule has 1 rings (SSSR count). The van der Waals surface area contributed by atoms with E-state index < -0.39 is 20.4 Å². The highest BCUT2D eigenvalue weighted by atomic mass is 32.3. The lowest BCUT2D eigenvalue weighted by Gasteiger charge is -2.40. The minimum Gasteiger partial charge on any atom is -0.299 e. The second kappa shape index (κ2) is 8.66. The number of carbonyl (C=O) groups excluding carboxylic acids is 1. The van der Waals surface area contributed by atoms with Gasteiger partial charge in [-0.25, -0.2) is 3.63 Å². The normalized spacial score (nSPS) is 20.5. The second-order valence-electron chi connectivity index (χ2n) is 5.10. The predicted molar refractivity (Wildman–Crippen MR) is 89.2 cm³/mol. The molecule has 0 saturated carbocycles. The Morgan fingerprint density at radius 3 is 2.40 bits per heavy atom. The molecule has 0 spiro atoms. The molecule has 0 radical (unpaired) electrons. The number of carbonyl (C=O) groups is 1. The van der Waals surface area contributed by atoms with E-state index in [1.807, 2.05) is 25.6 Å². The Bertz CT molecular complexity index is 400. The third-order valence-electron chi connectivity index (χ3n) is 3.15. The highest BCUT2D eigenvalue weighted by molar-refractivity contribution is 8.34. The van der Waals surface area contributed by atoms with Crippen LogP contribution in [0.4, 0.5) is 0 Å². The van der Waals surface area contributed by atoms with Crippen LogP contribution in [0.25, 0.3) is 0 Å². The number of hydrogen-bond donors (Lipinski definition) is 0. The van der Waals surface area contributed by atoms with Crippen LogP contribution >= 0.6 is 22.1 Å². The van der Waals surface area contributed by atoms with Crippen LogP contribution in [0.5, 0.6) is 0 Å². The van der Waals surface area contributed by atoms with Gasteiger partial charge in [0.15, 0.2) is 0 Å². The standard InChI is InChI=1S/C13H26O4S3/c1-3-5-9-20(15,16)17-19(10-7-18-8-11-19)12-13(14)6-4-2/h3-12H2,1-2H3. The van der Waals surface area contributed by atoms with Crippen molar-refractivity contribution in [1.29, 1.82) is 0 Å². The summed E-state index contributed by atoms with van der Waals surface area (Å²) in [5.74, 6) is 3.83. The molecule has 120 valence electrons. The van der Waals surface area contributed by atoms with Crippen molar-refractivity contribution in [2.24, 2.45) is 0 Å². The van der Waals surface area contributed by atoms with Crippen LogP contribution in [-0.4, -0.2) is 48.7 Å².